The van der Waals surface area contributed by atoms with Crippen LogP contribution in [0.2, 0.25) is 0 Å². The van der Waals surface area contributed by atoms with Crippen molar-refractivity contribution in [1.29, 1.82) is 0 Å². The van der Waals surface area contributed by atoms with Gasteiger partial charge in [0.2, 0.25) is 5.78 Å². The first-order valence-corrected chi connectivity index (χ1v) is 13.3. The fraction of sp³-hybridized carbons (Fsp3) is 0.733. The first-order valence-electron chi connectivity index (χ1n) is 13.3. The molecule has 1 aliphatic heterocycles. The van der Waals surface area contributed by atoms with Crippen LogP contribution in [0.5, 0.6) is 0 Å². The van der Waals surface area contributed by atoms with E-state index in [1.54, 1.807) is 0 Å². The van der Waals surface area contributed by atoms with Crippen LogP contribution in [0.4, 0.5) is 0 Å². The first kappa shape index (κ1) is 23.9. The van der Waals surface area contributed by atoms with E-state index < -0.39 is 11.4 Å². The number of carboxylic acids is 1. The molecule has 4 nitrogen and oxygen atoms in total. The highest BCUT2D eigenvalue weighted by Gasteiger charge is 2.68. The van der Waals surface area contributed by atoms with Crippen molar-refractivity contribution in [2.24, 2.45) is 39.9 Å². The Morgan fingerprint density at radius 3 is 2.56 bits per heavy atom. The number of aliphatic carboxylic acids is 1. The van der Waals surface area contributed by atoms with Crippen molar-refractivity contribution in [3.8, 4) is 0 Å². The zero-order valence-electron chi connectivity index (χ0n) is 21.9. The van der Waals surface area contributed by atoms with Crippen molar-refractivity contribution in [3.63, 3.8) is 0 Å². The predicted molar refractivity (Wildman–Crippen MR) is 133 cm³/mol. The van der Waals surface area contributed by atoms with Crippen molar-refractivity contribution in [3.05, 3.63) is 35.1 Å². The van der Waals surface area contributed by atoms with Crippen LogP contribution in [0.25, 0.3) is 0 Å². The molecule has 186 valence electrons. The summed E-state index contributed by atoms with van der Waals surface area (Å²) in [6.07, 6.45) is 14.0. The normalized spacial score (nSPS) is 47.9. The fourth-order valence-corrected chi connectivity index (χ4v) is 8.19. The SMILES string of the molecule is C/C1=C\CC(C)(C)/C=C/C[C@]2(C)OC3=C(C[C@H]2CC1)[C@@]1(C)[C@@H]2C[C@@](C)(C(=O)O)C[C@@H]2C[C@H]1C3=O. The third-order valence-electron chi connectivity index (χ3n) is 10.6. The molecule has 2 saturated carbocycles. The minimum absolute atomic E-state index is 0.0381. The lowest BCUT2D eigenvalue weighted by Gasteiger charge is -2.45. The Hall–Kier alpha value is -1.84. The highest BCUT2D eigenvalue weighted by atomic mass is 16.5. The molecule has 4 heteroatoms. The second kappa shape index (κ2) is 7.58. The van der Waals surface area contributed by atoms with Crippen LogP contribution < -0.4 is 0 Å². The summed E-state index contributed by atoms with van der Waals surface area (Å²) >= 11 is 0. The molecule has 4 aliphatic carbocycles. The number of carbonyl (C=O) groups excluding carboxylic acids is 1. The van der Waals surface area contributed by atoms with Gasteiger partial charge in [0.25, 0.3) is 0 Å². The van der Waals surface area contributed by atoms with Gasteiger partial charge < -0.3 is 9.84 Å². The number of rotatable bonds is 1. The lowest BCUT2D eigenvalue weighted by molar-refractivity contribution is -0.148. The van der Waals surface area contributed by atoms with E-state index in [-0.39, 0.29) is 34.1 Å². The zero-order chi connectivity index (χ0) is 24.7. The third kappa shape index (κ3) is 3.45. The molecule has 0 radical (unpaired) electrons. The summed E-state index contributed by atoms with van der Waals surface area (Å²) in [7, 11) is 0. The summed E-state index contributed by atoms with van der Waals surface area (Å²) in [6.45, 7) is 13.2. The molecule has 0 amide bonds. The lowest BCUT2D eigenvalue weighted by Crippen LogP contribution is -2.42. The van der Waals surface area contributed by atoms with Crippen molar-refractivity contribution < 1.29 is 19.4 Å². The molecule has 1 N–H and O–H groups in total. The van der Waals surface area contributed by atoms with Gasteiger partial charge in [0, 0.05) is 23.7 Å². The standard InChI is InChI=1S/C30H42O4/c1-18-8-9-20-15-22-25(34-29(20,5)12-7-11-27(2,3)13-10-18)24(31)21-14-19-16-28(4,26(32)33)17-23(19)30(21,22)6/h7,10-11,19-21,23H,8-9,12-17H2,1-6H3,(H,32,33)/b11-7+,18-10+/t19-,20+,21-,23+,28-,29-,30-/m0/s1. The van der Waals surface area contributed by atoms with Gasteiger partial charge in [0.15, 0.2) is 5.76 Å². The largest absolute Gasteiger partial charge is 0.483 e. The predicted octanol–water partition coefficient (Wildman–Crippen LogP) is 6.86. The number of Topliss-reactive ketones (excluding diaryl/α,β-unsaturated/α-hetero) is 1. The van der Waals surface area contributed by atoms with Crippen LogP contribution in [0.15, 0.2) is 35.1 Å². The minimum atomic E-state index is -0.687. The molecule has 5 aliphatic rings. The summed E-state index contributed by atoms with van der Waals surface area (Å²) in [6, 6.07) is 0. The van der Waals surface area contributed by atoms with Crippen molar-refractivity contribution in [2.75, 3.05) is 0 Å². The van der Waals surface area contributed by atoms with Gasteiger partial charge in [-0.2, -0.15) is 0 Å². The zero-order valence-corrected chi connectivity index (χ0v) is 21.9. The van der Waals surface area contributed by atoms with Crippen LogP contribution in [-0.2, 0) is 14.3 Å². The maximum Gasteiger partial charge on any atom is 0.309 e. The summed E-state index contributed by atoms with van der Waals surface area (Å²) in [5.74, 6) is 1.03. The Balaban J connectivity index is 1.50. The highest BCUT2D eigenvalue weighted by Crippen LogP contribution is 2.70. The summed E-state index contributed by atoms with van der Waals surface area (Å²) in [5.41, 5.74) is 1.46. The molecule has 0 aromatic carbocycles. The van der Waals surface area contributed by atoms with E-state index in [0.29, 0.717) is 30.4 Å². The Morgan fingerprint density at radius 2 is 1.85 bits per heavy atom. The molecule has 0 spiro atoms. The average molecular weight is 467 g/mol. The molecule has 0 aromatic heterocycles. The van der Waals surface area contributed by atoms with Gasteiger partial charge in [0.05, 0.1) is 5.41 Å². The molecule has 1 heterocycles. The van der Waals surface area contributed by atoms with Crippen LogP contribution in [0.1, 0.15) is 92.9 Å². The van der Waals surface area contributed by atoms with Gasteiger partial charge in [-0.25, -0.2) is 0 Å². The fourth-order valence-electron chi connectivity index (χ4n) is 8.19. The number of fused-ring (bicyclic) bond motifs is 5. The van der Waals surface area contributed by atoms with E-state index in [4.69, 9.17) is 4.74 Å². The smallest absolute Gasteiger partial charge is 0.309 e. The molecule has 5 rings (SSSR count). The van der Waals surface area contributed by atoms with Gasteiger partial charge in [-0.3, -0.25) is 9.59 Å². The molecule has 34 heavy (non-hydrogen) atoms. The van der Waals surface area contributed by atoms with Crippen molar-refractivity contribution >= 4 is 11.8 Å². The maximum atomic E-state index is 13.7. The molecular weight excluding hydrogens is 424 g/mol. The van der Waals surface area contributed by atoms with Crippen LogP contribution >= 0.6 is 0 Å². The number of ketones is 1. The summed E-state index contributed by atoms with van der Waals surface area (Å²) in [5, 5.41) is 9.90. The van der Waals surface area contributed by atoms with E-state index in [0.717, 1.165) is 38.5 Å². The van der Waals surface area contributed by atoms with E-state index in [2.05, 4.69) is 52.8 Å². The topological polar surface area (TPSA) is 63.6 Å². The number of carbonyl (C=O) groups is 2. The minimum Gasteiger partial charge on any atom is -0.483 e. The number of carboxylic acid groups (broad SMARTS) is 1. The molecular formula is C30H42O4. The second-order valence-electron chi connectivity index (χ2n) is 13.6. The molecule has 0 saturated heterocycles. The molecule has 7 atom stereocenters. The summed E-state index contributed by atoms with van der Waals surface area (Å²) < 4.78 is 6.78. The Bertz CT molecular complexity index is 1010. The quantitative estimate of drug-likeness (QED) is 0.429. The summed E-state index contributed by atoms with van der Waals surface area (Å²) in [4.78, 5) is 25.8. The van der Waals surface area contributed by atoms with Crippen LogP contribution in [-0.4, -0.2) is 22.5 Å². The maximum absolute atomic E-state index is 13.7. The molecule has 0 unspecified atom stereocenters. The van der Waals surface area contributed by atoms with Gasteiger partial charge in [-0.15, -0.1) is 0 Å². The number of allylic oxidation sites excluding steroid dienone is 5. The molecule has 0 bridgehead atoms. The lowest BCUT2D eigenvalue weighted by atomic mass is 9.65. The van der Waals surface area contributed by atoms with Crippen molar-refractivity contribution in [2.45, 2.75) is 98.5 Å². The van der Waals surface area contributed by atoms with Crippen molar-refractivity contribution in [1.82, 2.24) is 0 Å². The molecule has 0 aromatic rings. The third-order valence-corrected chi connectivity index (χ3v) is 10.6. The van der Waals surface area contributed by atoms with Gasteiger partial charge in [-0.1, -0.05) is 44.6 Å². The molecule has 2 fully saturated rings. The van der Waals surface area contributed by atoms with Gasteiger partial charge in [-0.05, 0) is 88.5 Å². The Morgan fingerprint density at radius 1 is 1.12 bits per heavy atom. The highest BCUT2D eigenvalue weighted by molar-refractivity contribution is 6.01. The van der Waals surface area contributed by atoms with Crippen LogP contribution in [0.3, 0.4) is 0 Å². The van der Waals surface area contributed by atoms with Gasteiger partial charge in [0.1, 0.15) is 5.60 Å². The second-order valence-corrected chi connectivity index (χ2v) is 13.6. The average Bonchev–Trinajstić information content (AvgIpc) is 3.29. The number of hydrogen-bond acceptors (Lipinski definition) is 3. The van der Waals surface area contributed by atoms with E-state index >= 15 is 0 Å². The Kier molecular flexibility index (Phi) is 5.32. The number of hydrogen-bond donors (Lipinski definition) is 1. The monoisotopic (exact) mass is 466 g/mol. The number of ether oxygens (including phenoxy) is 1. The Labute approximate surface area is 204 Å². The van der Waals surface area contributed by atoms with Gasteiger partial charge >= 0.3 is 5.97 Å². The van der Waals surface area contributed by atoms with E-state index in [1.807, 2.05) is 6.92 Å². The first-order chi connectivity index (χ1) is 15.8. The van der Waals surface area contributed by atoms with Crippen LogP contribution in [0, 0.1) is 39.9 Å². The van der Waals surface area contributed by atoms with E-state index in [1.165, 1.54) is 11.1 Å². The van der Waals surface area contributed by atoms with E-state index in [9.17, 15) is 14.7 Å².